The molecule has 0 heterocycles. The summed E-state index contributed by atoms with van der Waals surface area (Å²) in [5, 5.41) is 3.72. The highest BCUT2D eigenvalue weighted by Crippen LogP contribution is 2.46. The number of benzene rings is 1. The van der Waals surface area contributed by atoms with Gasteiger partial charge in [0.2, 0.25) is 0 Å². The Labute approximate surface area is 106 Å². The first-order valence-corrected chi connectivity index (χ1v) is 7.08. The molecule has 0 amide bonds. The zero-order valence-electron chi connectivity index (χ0n) is 11.4. The maximum Gasteiger partial charge on any atom is 0.0351 e. The minimum atomic E-state index is 0.579. The van der Waals surface area contributed by atoms with Crippen molar-refractivity contribution in [2.75, 3.05) is 6.54 Å². The minimum Gasteiger partial charge on any atom is -0.310 e. The highest BCUT2D eigenvalue weighted by molar-refractivity contribution is 5.26. The monoisotopic (exact) mass is 231 g/mol. The highest BCUT2D eigenvalue weighted by Gasteiger charge is 2.39. The minimum absolute atomic E-state index is 0.579. The lowest BCUT2D eigenvalue weighted by Gasteiger charge is -2.19. The Balaban J connectivity index is 2.07. The van der Waals surface area contributed by atoms with Crippen LogP contribution in [0.5, 0.6) is 0 Å². The van der Waals surface area contributed by atoms with Gasteiger partial charge < -0.3 is 5.32 Å². The van der Waals surface area contributed by atoms with Crippen molar-refractivity contribution >= 4 is 0 Å². The maximum absolute atomic E-state index is 3.72. The van der Waals surface area contributed by atoms with Gasteiger partial charge >= 0.3 is 0 Å². The van der Waals surface area contributed by atoms with Crippen molar-refractivity contribution in [1.82, 2.24) is 5.32 Å². The lowest BCUT2D eigenvalue weighted by Crippen LogP contribution is -2.24. The van der Waals surface area contributed by atoms with E-state index in [0.717, 1.165) is 24.8 Å². The van der Waals surface area contributed by atoms with Crippen molar-refractivity contribution in [3.8, 4) is 0 Å². The fourth-order valence-electron chi connectivity index (χ4n) is 2.59. The molecule has 94 valence electrons. The molecule has 0 radical (unpaired) electrons. The van der Waals surface area contributed by atoms with Crippen LogP contribution in [0.1, 0.15) is 50.8 Å². The summed E-state index contributed by atoms with van der Waals surface area (Å²) in [6, 6.07) is 9.77. The van der Waals surface area contributed by atoms with Gasteiger partial charge in [-0.15, -0.1) is 0 Å². The Morgan fingerprint density at radius 1 is 1.24 bits per heavy atom. The molecule has 1 fully saturated rings. The summed E-state index contributed by atoms with van der Waals surface area (Å²) in [6.45, 7) is 7.94. The van der Waals surface area contributed by atoms with Crippen molar-refractivity contribution in [1.29, 1.82) is 0 Å². The number of rotatable bonds is 6. The van der Waals surface area contributed by atoms with Crippen molar-refractivity contribution in [2.24, 2.45) is 11.8 Å². The molecular formula is C16H25N. The van der Waals surface area contributed by atoms with E-state index in [-0.39, 0.29) is 0 Å². The van der Waals surface area contributed by atoms with Crippen LogP contribution in [-0.4, -0.2) is 6.54 Å². The van der Waals surface area contributed by atoms with Crippen LogP contribution in [0.15, 0.2) is 24.3 Å². The van der Waals surface area contributed by atoms with E-state index in [0.29, 0.717) is 6.04 Å². The van der Waals surface area contributed by atoms with Crippen LogP contribution in [0.25, 0.3) is 0 Å². The van der Waals surface area contributed by atoms with E-state index in [1.54, 1.807) is 0 Å². The van der Waals surface area contributed by atoms with Gasteiger partial charge in [0.1, 0.15) is 0 Å². The Hall–Kier alpha value is -0.820. The first-order valence-electron chi connectivity index (χ1n) is 7.08. The molecule has 1 aromatic carbocycles. The molecule has 1 N–H and O–H groups in total. The predicted molar refractivity (Wildman–Crippen MR) is 74.1 cm³/mol. The largest absolute Gasteiger partial charge is 0.310 e. The second-order valence-electron chi connectivity index (χ2n) is 5.40. The van der Waals surface area contributed by atoms with Gasteiger partial charge in [0.05, 0.1) is 0 Å². The van der Waals surface area contributed by atoms with E-state index in [2.05, 4.69) is 50.4 Å². The summed E-state index contributed by atoms with van der Waals surface area (Å²) in [5.41, 5.74) is 2.91. The van der Waals surface area contributed by atoms with Gasteiger partial charge in [-0.05, 0) is 48.8 Å². The predicted octanol–water partition coefficient (Wildman–Crippen LogP) is 3.95. The van der Waals surface area contributed by atoms with Crippen molar-refractivity contribution in [3.05, 3.63) is 35.4 Å². The normalized spacial score (nSPS) is 24.6. The fraction of sp³-hybridized carbons (Fsp3) is 0.625. The first-order chi connectivity index (χ1) is 8.26. The SMILES string of the molecule is CCCNC(c1ccc(CC)cc1)C1CC1C. The Morgan fingerprint density at radius 2 is 1.88 bits per heavy atom. The summed E-state index contributed by atoms with van der Waals surface area (Å²) in [5.74, 6) is 1.75. The molecular weight excluding hydrogens is 206 g/mol. The molecule has 1 saturated carbocycles. The zero-order valence-corrected chi connectivity index (χ0v) is 11.4. The van der Waals surface area contributed by atoms with Crippen LogP contribution in [0.2, 0.25) is 0 Å². The smallest absolute Gasteiger partial charge is 0.0351 e. The van der Waals surface area contributed by atoms with Crippen LogP contribution in [0, 0.1) is 11.8 Å². The van der Waals surface area contributed by atoms with Gasteiger partial charge in [-0.3, -0.25) is 0 Å². The summed E-state index contributed by atoms with van der Waals surface area (Å²) in [7, 11) is 0. The van der Waals surface area contributed by atoms with Crippen LogP contribution >= 0.6 is 0 Å². The summed E-state index contributed by atoms with van der Waals surface area (Å²) in [6.07, 6.45) is 3.73. The van der Waals surface area contributed by atoms with E-state index < -0.39 is 0 Å². The molecule has 0 aliphatic heterocycles. The molecule has 2 rings (SSSR count). The third-order valence-electron chi connectivity index (χ3n) is 3.96. The van der Waals surface area contributed by atoms with E-state index in [1.807, 2.05) is 0 Å². The Bertz CT molecular complexity index is 341. The molecule has 1 heteroatoms. The molecule has 1 aliphatic rings. The number of hydrogen-bond donors (Lipinski definition) is 1. The number of nitrogens with one attached hydrogen (secondary N) is 1. The molecule has 0 aromatic heterocycles. The van der Waals surface area contributed by atoms with Gasteiger partial charge in [0.25, 0.3) is 0 Å². The average molecular weight is 231 g/mol. The van der Waals surface area contributed by atoms with E-state index in [9.17, 15) is 0 Å². The Morgan fingerprint density at radius 3 is 2.35 bits per heavy atom. The quantitative estimate of drug-likeness (QED) is 0.782. The lowest BCUT2D eigenvalue weighted by molar-refractivity contribution is 0.463. The Kier molecular flexibility index (Phi) is 4.22. The second-order valence-corrected chi connectivity index (χ2v) is 5.40. The molecule has 3 atom stereocenters. The van der Waals surface area contributed by atoms with Crippen molar-refractivity contribution in [2.45, 2.75) is 46.1 Å². The van der Waals surface area contributed by atoms with Crippen LogP contribution < -0.4 is 5.32 Å². The molecule has 0 saturated heterocycles. The van der Waals surface area contributed by atoms with Crippen molar-refractivity contribution in [3.63, 3.8) is 0 Å². The third-order valence-corrected chi connectivity index (χ3v) is 3.96. The third kappa shape index (κ3) is 3.10. The molecule has 17 heavy (non-hydrogen) atoms. The second kappa shape index (κ2) is 5.68. The van der Waals surface area contributed by atoms with E-state index in [1.165, 1.54) is 24.0 Å². The standard InChI is InChI=1S/C16H25N/c1-4-10-17-16(15-11-12(15)3)14-8-6-13(5-2)7-9-14/h6-9,12,15-17H,4-5,10-11H2,1-3H3. The summed E-state index contributed by atoms with van der Waals surface area (Å²) in [4.78, 5) is 0. The molecule has 3 unspecified atom stereocenters. The molecule has 0 bridgehead atoms. The van der Waals surface area contributed by atoms with Gasteiger partial charge in [-0.1, -0.05) is 45.0 Å². The number of aryl methyl sites for hydroxylation is 1. The molecule has 1 nitrogen and oxygen atoms in total. The summed E-state index contributed by atoms with van der Waals surface area (Å²) < 4.78 is 0. The molecule has 1 aliphatic carbocycles. The highest BCUT2D eigenvalue weighted by atomic mass is 14.9. The van der Waals surface area contributed by atoms with Crippen LogP contribution in [0.3, 0.4) is 0 Å². The van der Waals surface area contributed by atoms with Gasteiger partial charge in [0.15, 0.2) is 0 Å². The van der Waals surface area contributed by atoms with Gasteiger partial charge in [-0.25, -0.2) is 0 Å². The average Bonchev–Trinajstić information content (AvgIpc) is 3.08. The zero-order chi connectivity index (χ0) is 12.3. The van der Waals surface area contributed by atoms with Gasteiger partial charge in [0, 0.05) is 6.04 Å². The first kappa shape index (κ1) is 12.6. The molecule has 0 spiro atoms. The van der Waals surface area contributed by atoms with Crippen LogP contribution in [-0.2, 0) is 6.42 Å². The number of hydrogen-bond acceptors (Lipinski definition) is 1. The van der Waals surface area contributed by atoms with E-state index >= 15 is 0 Å². The topological polar surface area (TPSA) is 12.0 Å². The summed E-state index contributed by atoms with van der Waals surface area (Å²) >= 11 is 0. The van der Waals surface area contributed by atoms with Gasteiger partial charge in [-0.2, -0.15) is 0 Å². The van der Waals surface area contributed by atoms with Crippen molar-refractivity contribution < 1.29 is 0 Å². The fourth-order valence-corrected chi connectivity index (χ4v) is 2.59. The maximum atomic E-state index is 3.72. The lowest BCUT2D eigenvalue weighted by atomic mass is 9.99. The molecule has 1 aromatic rings. The van der Waals surface area contributed by atoms with Crippen LogP contribution in [0.4, 0.5) is 0 Å². The van der Waals surface area contributed by atoms with E-state index in [4.69, 9.17) is 0 Å².